The lowest BCUT2D eigenvalue weighted by molar-refractivity contribution is 0.230. The SMILES string of the molecule is CCNCC1CCCN(S(=O)(=O)N(C)C(C)C(C)C)C1. The van der Waals surface area contributed by atoms with Crippen LogP contribution in [0.15, 0.2) is 0 Å². The molecule has 0 saturated carbocycles. The van der Waals surface area contributed by atoms with Crippen LogP contribution >= 0.6 is 0 Å². The fourth-order valence-corrected chi connectivity index (χ4v) is 4.35. The Balaban J connectivity index is 2.71. The molecular formula is C14H31N3O2S. The first-order valence-electron chi connectivity index (χ1n) is 7.74. The van der Waals surface area contributed by atoms with Crippen molar-refractivity contribution in [2.75, 3.05) is 33.2 Å². The number of rotatable bonds is 7. The Labute approximate surface area is 124 Å². The lowest BCUT2D eigenvalue weighted by atomic mass is 10.00. The Morgan fingerprint density at radius 2 is 2.00 bits per heavy atom. The lowest BCUT2D eigenvalue weighted by Gasteiger charge is -2.37. The van der Waals surface area contributed by atoms with Crippen molar-refractivity contribution in [3.05, 3.63) is 0 Å². The normalized spacial score (nSPS) is 23.4. The van der Waals surface area contributed by atoms with Gasteiger partial charge in [-0.2, -0.15) is 17.0 Å². The monoisotopic (exact) mass is 305 g/mol. The molecule has 0 aromatic heterocycles. The second kappa shape index (κ2) is 7.73. The predicted molar refractivity (Wildman–Crippen MR) is 83.8 cm³/mol. The Bertz CT molecular complexity index is 384. The summed E-state index contributed by atoms with van der Waals surface area (Å²) in [4.78, 5) is 0. The molecule has 1 saturated heterocycles. The molecule has 6 heteroatoms. The number of nitrogens with one attached hydrogen (secondary N) is 1. The van der Waals surface area contributed by atoms with Crippen LogP contribution in [0.2, 0.25) is 0 Å². The summed E-state index contributed by atoms with van der Waals surface area (Å²) in [7, 11) is -1.62. The van der Waals surface area contributed by atoms with E-state index in [0.717, 1.165) is 25.9 Å². The summed E-state index contributed by atoms with van der Waals surface area (Å²) in [5, 5.41) is 3.33. The summed E-state index contributed by atoms with van der Waals surface area (Å²) >= 11 is 0. The van der Waals surface area contributed by atoms with Gasteiger partial charge in [0.15, 0.2) is 0 Å². The molecular weight excluding hydrogens is 274 g/mol. The topological polar surface area (TPSA) is 52.7 Å². The quantitative estimate of drug-likeness (QED) is 0.776. The molecule has 2 unspecified atom stereocenters. The van der Waals surface area contributed by atoms with Gasteiger partial charge < -0.3 is 5.32 Å². The standard InChI is InChI=1S/C14H31N3O2S/c1-6-15-10-14-8-7-9-17(11-14)20(18,19)16(5)13(4)12(2)3/h12-15H,6-11H2,1-5H3. The largest absolute Gasteiger partial charge is 0.317 e. The van der Waals surface area contributed by atoms with Gasteiger partial charge in [-0.3, -0.25) is 0 Å². The molecule has 1 aliphatic heterocycles. The van der Waals surface area contributed by atoms with Crippen LogP contribution in [-0.2, 0) is 10.2 Å². The first-order chi connectivity index (χ1) is 9.30. The molecule has 0 spiro atoms. The summed E-state index contributed by atoms with van der Waals surface area (Å²) in [6.07, 6.45) is 2.07. The molecule has 0 aliphatic carbocycles. The summed E-state index contributed by atoms with van der Waals surface area (Å²) in [5.74, 6) is 0.748. The van der Waals surface area contributed by atoms with E-state index >= 15 is 0 Å². The second-order valence-electron chi connectivity index (χ2n) is 6.18. The predicted octanol–water partition coefficient (Wildman–Crippen LogP) is 1.53. The molecule has 5 nitrogen and oxygen atoms in total. The highest BCUT2D eigenvalue weighted by molar-refractivity contribution is 7.86. The fraction of sp³-hybridized carbons (Fsp3) is 1.00. The van der Waals surface area contributed by atoms with Crippen molar-refractivity contribution in [1.82, 2.24) is 13.9 Å². The van der Waals surface area contributed by atoms with Gasteiger partial charge in [-0.05, 0) is 44.7 Å². The van der Waals surface area contributed by atoms with Gasteiger partial charge in [0.05, 0.1) is 0 Å². The minimum absolute atomic E-state index is 0.0224. The molecule has 1 fully saturated rings. The van der Waals surface area contributed by atoms with Crippen LogP contribution in [0.5, 0.6) is 0 Å². The Hall–Kier alpha value is -0.170. The Morgan fingerprint density at radius 3 is 2.55 bits per heavy atom. The smallest absolute Gasteiger partial charge is 0.281 e. The van der Waals surface area contributed by atoms with E-state index in [4.69, 9.17) is 0 Å². The maximum atomic E-state index is 12.7. The summed E-state index contributed by atoms with van der Waals surface area (Å²) in [6, 6.07) is 0.0224. The molecule has 0 aromatic carbocycles. The molecule has 120 valence electrons. The number of nitrogens with zero attached hydrogens (tertiary/aromatic N) is 2. The molecule has 2 atom stereocenters. The number of hydrogen-bond acceptors (Lipinski definition) is 3. The zero-order valence-electron chi connectivity index (χ0n) is 13.6. The Morgan fingerprint density at radius 1 is 1.35 bits per heavy atom. The van der Waals surface area contributed by atoms with Crippen molar-refractivity contribution in [3.63, 3.8) is 0 Å². The third-order valence-electron chi connectivity index (χ3n) is 4.39. The number of hydrogen-bond donors (Lipinski definition) is 1. The van der Waals surface area contributed by atoms with Gasteiger partial charge in [0.2, 0.25) is 0 Å². The van der Waals surface area contributed by atoms with Crippen LogP contribution in [0.25, 0.3) is 0 Å². The molecule has 0 bridgehead atoms. The van der Waals surface area contributed by atoms with Crippen LogP contribution in [0.3, 0.4) is 0 Å². The molecule has 0 aromatic rings. The molecule has 1 rings (SSSR count). The summed E-state index contributed by atoms with van der Waals surface area (Å²) < 4.78 is 28.6. The molecule has 1 aliphatic rings. The molecule has 0 radical (unpaired) electrons. The first-order valence-corrected chi connectivity index (χ1v) is 9.14. The van der Waals surface area contributed by atoms with Crippen LogP contribution in [0, 0.1) is 11.8 Å². The van der Waals surface area contributed by atoms with Crippen molar-refractivity contribution in [2.45, 2.75) is 46.6 Å². The molecule has 1 N–H and O–H groups in total. The second-order valence-corrected chi connectivity index (χ2v) is 8.17. The van der Waals surface area contributed by atoms with E-state index in [2.05, 4.69) is 26.1 Å². The number of piperidine rings is 1. The maximum Gasteiger partial charge on any atom is 0.281 e. The average molecular weight is 305 g/mol. The van der Waals surface area contributed by atoms with Crippen molar-refractivity contribution in [2.24, 2.45) is 11.8 Å². The van der Waals surface area contributed by atoms with E-state index in [1.54, 1.807) is 11.4 Å². The van der Waals surface area contributed by atoms with E-state index in [1.165, 1.54) is 4.31 Å². The minimum Gasteiger partial charge on any atom is -0.317 e. The van der Waals surface area contributed by atoms with Crippen LogP contribution in [-0.4, -0.2) is 56.3 Å². The summed E-state index contributed by atoms with van der Waals surface area (Å²) in [6.45, 7) is 11.3. The van der Waals surface area contributed by atoms with E-state index in [-0.39, 0.29) is 6.04 Å². The van der Waals surface area contributed by atoms with Gasteiger partial charge in [-0.25, -0.2) is 0 Å². The highest BCUT2D eigenvalue weighted by atomic mass is 32.2. The lowest BCUT2D eigenvalue weighted by Crippen LogP contribution is -2.51. The van der Waals surface area contributed by atoms with Gasteiger partial charge >= 0.3 is 0 Å². The molecule has 1 heterocycles. The average Bonchev–Trinajstić information content (AvgIpc) is 2.43. The van der Waals surface area contributed by atoms with Gasteiger partial charge in [0.25, 0.3) is 10.2 Å². The molecule has 20 heavy (non-hydrogen) atoms. The van der Waals surface area contributed by atoms with Gasteiger partial charge in [0, 0.05) is 26.2 Å². The maximum absolute atomic E-state index is 12.7. The highest BCUT2D eigenvalue weighted by Gasteiger charge is 2.34. The van der Waals surface area contributed by atoms with Crippen molar-refractivity contribution >= 4 is 10.2 Å². The summed E-state index contributed by atoms with van der Waals surface area (Å²) in [5.41, 5.74) is 0. The van der Waals surface area contributed by atoms with E-state index < -0.39 is 10.2 Å². The van der Waals surface area contributed by atoms with Crippen LogP contribution in [0.1, 0.15) is 40.5 Å². The van der Waals surface area contributed by atoms with Crippen LogP contribution < -0.4 is 5.32 Å². The van der Waals surface area contributed by atoms with Crippen molar-refractivity contribution in [1.29, 1.82) is 0 Å². The Kier molecular flexibility index (Phi) is 6.91. The van der Waals surface area contributed by atoms with E-state index in [1.807, 2.05) is 6.92 Å². The van der Waals surface area contributed by atoms with Crippen molar-refractivity contribution < 1.29 is 8.42 Å². The highest BCUT2D eigenvalue weighted by Crippen LogP contribution is 2.22. The third kappa shape index (κ3) is 4.41. The molecule has 0 amide bonds. The minimum atomic E-state index is -3.33. The zero-order chi connectivity index (χ0) is 15.3. The van der Waals surface area contributed by atoms with Gasteiger partial charge in [0.1, 0.15) is 0 Å². The van der Waals surface area contributed by atoms with Gasteiger partial charge in [-0.15, -0.1) is 0 Å². The van der Waals surface area contributed by atoms with Crippen molar-refractivity contribution in [3.8, 4) is 0 Å². The van der Waals surface area contributed by atoms with E-state index in [9.17, 15) is 8.42 Å². The van der Waals surface area contributed by atoms with Crippen LogP contribution in [0.4, 0.5) is 0 Å². The first kappa shape index (κ1) is 17.9. The third-order valence-corrected chi connectivity index (χ3v) is 6.44. The van der Waals surface area contributed by atoms with E-state index in [0.29, 0.717) is 24.9 Å². The fourth-order valence-electron chi connectivity index (χ4n) is 2.56. The zero-order valence-corrected chi connectivity index (χ0v) is 14.4. The van der Waals surface area contributed by atoms with Gasteiger partial charge in [-0.1, -0.05) is 20.8 Å².